The van der Waals surface area contributed by atoms with Gasteiger partial charge in [0.2, 0.25) is 0 Å². The fourth-order valence-corrected chi connectivity index (χ4v) is 4.29. The fourth-order valence-electron chi connectivity index (χ4n) is 4.29. The molecule has 94 valence electrons. The highest BCUT2D eigenvalue weighted by Crippen LogP contribution is 2.35. The summed E-state index contributed by atoms with van der Waals surface area (Å²) in [4.78, 5) is 0. The summed E-state index contributed by atoms with van der Waals surface area (Å²) in [6.07, 6.45) is 10.3. The van der Waals surface area contributed by atoms with E-state index in [1.165, 1.54) is 62.5 Å². The first kappa shape index (κ1) is 12.4. The average molecular weight is 224 g/mol. The van der Waals surface area contributed by atoms with Crippen molar-refractivity contribution >= 4 is 0 Å². The molecule has 2 aliphatic rings. The maximum absolute atomic E-state index is 2.53. The van der Waals surface area contributed by atoms with Gasteiger partial charge in [-0.3, -0.25) is 0 Å². The van der Waals surface area contributed by atoms with Crippen molar-refractivity contribution in [2.24, 2.45) is 5.92 Å². The number of hydrogen-bond donors (Lipinski definition) is 0. The van der Waals surface area contributed by atoms with E-state index in [0.29, 0.717) is 0 Å². The van der Waals surface area contributed by atoms with E-state index in [0.717, 1.165) is 18.0 Å². The Bertz CT molecular complexity index is 215. The van der Waals surface area contributed by atoms with Crippen LogP contribution in [0.15, 0.2) is 0 Å². The van der Waals surface area contributed by atoms with Crippen LogP contribution in [0.1, 0.15) is 65.7 Å². The Hall–Kier alpha value is -0.0400. The predicted octanol–water partition coefficient (Wildman–Crippen LogP) is 3.97. The van der Waals surface area contributed by atoms with Gasteiger partial charge < -0.3 is 4.48 Å². The smallest absolute Gasteiger partial charge is 0.0866 e. The molecule has 0 aromatic heterocycles. The van der Waals surface area contributed by atoms with Crippen LogP contribution in [-0.2, 0) is 0 Å². The molecule has 1 heteroatoms. The van der Waals surface area contributed by atoms with E-state index in [-0.39, 0.29) is 0 Å². The van der Waals surface area contributed by atoms with Crippen molar-refractivity contribution in [1.29, 1.82) is 0 Å². The maximum Gasteiger partial charge on any atom is 0.0866 e. The first-order chi connectivity index (χ1) is 7.65. The van der Waals surface area contributed by atoms with E-state index in [4.69, 9.17) is 0 Å². The second kappa shape index (κ2) is 5.08. The third-order valence-electron chi connectivity index (χ3n) is 5.48. The zero-order valence-electron chi connectivity index (χ0n) is 11.5. The van der Waals surface area contributed by atoms with E-state index in [9.17, 15) is 0 Å². The van der Waals surface area contributed by atoms with Gasteiger partial charge in [0.25, 0.3) is 0 Å². The molecule has 1 nitrogen and oxygen atoms in total. The second-order valence-electron chi connectivity index (χ2n) is 6.58. The van der Waals surface area contributed by atoms with Crippen LogP contribution in [0.2, 0.25) is 0 Å². The summed E-state index contributed by atoms with van der Waals surface area (Å²) in [5.74, 6) is 0.957. The molecule has 2 rings (SSSR count). The molecule has 0 N–H and O–H groups in total. The first-order valence-electron chi connectivity index (χ1n) is 7.51. The van der Waals surface area contributed by atoms with Crippen LogP contribution in [-0.4, -0.2) is 29.7 Å². The first-order valence-corrected chi connectivity index (χ1v) is 7.51. The summed E-state index contributed by atoms with van der Waals surface area (Å²) in [5.41, 5.74) is 0. The lowest BCUT2D eigenvalue weighted by Gasteiger charge is -2.47. The third kappa shape index (κ3) is 2.30. The second-order valence-corrected chi connectivity index (χ2v) is 6.58. The highest BCUT2D eigenvalue weighted by atomic mass is 15.4. The summed E-state index contributed by atoms with van der Waals surface area (Å²) in [6.45, 7) is 10.5. The third-order valence-corrected chi connectivity index (χ3v) is 5.48. The molecule has 2 heterocycles. The van der Waals surface area contributed by atoms with Gasteiger partial charge in [0.1, 0.15) is 0 Å². The minimum atomic E-state index is 0.908. The normalized spacial score (nSPS) is 40.3. The summed E-state index contributed by atoms with van der Waals surface area (Å²) < 4.78 is 1.46. The molecule has 2 fully saturated rings. The number of hydrogen-bond acceptors (Lipinski definition) is 0. The molecule has 16 heavy (non-hydrogen) atoms. The van der Waals surface area contributed by atoms with Crippen molar-refractivity contribution in [2.75, 3.05) is 13.1 Å². The lowest BCUT2D eigenvalue weighted by molar-refractivity contribution is -0.969. The molecule has 0 aliphatic carbocycles. The van der Waals surface area contributed by atoms with Crippen LogP contribution in [0.5, 0.6) is 0 Å². The molecule has 0 bridgehead atoms. The summed E-state index contributed by atoms with van der Waals surface area (Å²) in [7, 11) is 0. The summed E-state index contributed by atoms with van der Waals surface area (Å²) >= 11 is 0. The van der Waals surface area contributed by atoms with Crippen molar-refractivity contribution in [2.45, 2.75) is 77.8 Å². The van der Waals surface area contributed by atoms with Gasteiger partial charge in [0, 0.05) is 6.42 Å². The van der Waals surface area contributed by atoms with Crippen molar-refractivity contribution in [1.82, 2.24) is 0 Å². The molecule has 0 saturated carbocycles. The van der Waals surface area contributed by atoms with Crippen molar-refractivity contribution in [3.63, 3.8) is 0 Å². The molecule has 2 saturated heterocycles. The maximum atomic E-state index is 2.53. The van der Waals surface area contributed by atoms with E-state index in [1.807, 2.05) is 0 Å². The minimum Gasteiger partial charge on any atom is -0.319 e. The van der Waals surface area contributed by atoms with Gasteiger partial charge in [0.15, 0.2) is 0 Å². The fraction of sp³-hybridized carbons (Fsp3) is 1.00. The molecule has 1 spiro atoms. The van der Waals surface area contributed by atoms with Gasteiger partial charge in [0.05, 0.1) is 25.2 Å². The van der Waals surface area contributed by atoms with Crippen molar-refractivity contribution in [3.8, 4) is 0 Å². The Labute approximate surface area is 102 Å². The number of rotatable bonds is 0. The predicted molar refractivity (Wildman–Crippen MR) is 70.4 cm³/mol. The van der Waals surface area contributed by atoms with E-state index in [2.05, 4.69) is 20.8 Å². The molecular formula is C15H30N+. The topological polar surface area (TPSA) is 0 Å². The quantitative estimate of drug-likeness (QED) is 0.546. The Morgan fingerprint density at radius 1 is 0.750 bits per heavy atom. The largest absolute Gasteiger partial charge is 0.319 e. The van der Waals surface area contributed by atoms with Gasteiger partial charge in [-0.1, -0.05) is 6.92 Å². The van der Waals surface area contributed by atoms with Crippen LogP contribution >= 0.6 is 0 Å². The Kier molecular flexibility index (Phi) is 3.94. The molecule has 2 aliphatic heterocycles. The molecule has 3 unspecified atom stereocenters. The van der Waals surface area contributed by atoms with Crippen LogP contribution in [0.4, 0.5) is 0 Å². The lowest BCUT2D eigenvalue weighted by Crippen LogP contribution is -2.59. The van der Waals surface area contributed by atoms with Crippen molar-refractivity contribution in [3.05, 3.63) is 0 Å². The van der Waals surface area contributed by atoms with Crippen molar-refractivity contribution < 1.29 is 4.48 Å². The molecule has 0 amide bonds. The summed E-state index contributed by atoms with van der Waals surface area (Å²) in [5, 5.41) is 0. The van der Waals surface area contributed by atoms with Gasteiger partial charge in [-0.2, -0.15) is 0 Å². The monoisotopic (exact) mass is 224 g/mol. The molecular weight excluding hydrogens is 194 g/mol. The average Bonchev–Trinajstić information content (AvgIpc) is 2.55. The molecule has 3 atom stereocenters. The Morgan fingerprint density at radius 3 is 2.00 bits per heavy atom. The van der Waals surface area contributed by atoms with E-state index >= 15 is 0 Å². The lowest BCUT2D eigenvalue weighted by atomic mass is 9.99. The van der Waals surface area contributed by atoms with Gasteiger partial charge in [-0.05, 0) is 58.3 Å². The van der Waals surface area contributed by atoms with Gasteiger partial charge in [-0.15, -0.1) is 0 Å². The van der Waals surface area contributed by atoms with Crippen LogP contribution in [0, 0.1) is 5.92 Å². The van der Waals surface area contributed by atoms with Gasteiger partial charge >= 0.3 is 0 Å². The zero-order chi connectivity index (χ0) is 11.6. The summed E-state index contributed by atoms with van der Waals surface area (Å²) in [6, 6.07) is 1.82. The number of nitrogens with zero attached hydrogens (tertiary/aromatic N) is 1. The van der Waals surface area contributed by atoms with Crippen LogP contribution in [0.3, 0.4) is 0 Å². The standard InChI is InChI=1S/C15H30N/c1-13-8-9-14(2)16(15(3)12-13)10-6-4-5-7-11-16/h13-15H,4-12H2,1-3H3/q+1. The highest BCUT2D eigenvalue weighted by Gasteiger charge is 2.41. The Balaban J connectivity index is 2.18. The molecule has 0 radical (unpaired) electrons. The minimum absolute atomic E-state index is 0.908. The van der Waals surface area contributed by atoms with Gasteiger partial charge in [-0.25, -0.2) is 0 Å². The molecule has 0 aromatic rings. The van der Waals surface area contributed by atoms with Crippen LogP contribution < -0.4 is 0 Å². The number of quaternary nitrogens is 1. The molecule has 0 aromatic carbocycles. The van der Waals surface area contributed by atoms with E-state index in [1.54, 1.807) is 0 Å². The zero-order valence-corrected chi connectivity index (χ0v) is 11.5. The SMILES string of the molecule is CC1CCC(C)[N+]2(CCCCCC2)C(C)C1. The highest BCUT2D eigenvalue weighted by molar-refractivity contribution is 4.72. The van der Waals surface area contributed by atoms with E-state index < -0.39 is 0 Å². The van der Waals surface area contributed by atoms with Crippen LogP contribution in [0.25, 0.3) is 0 Å². The Morgan fingerprint density at radius 2 is 1.38 bits per heavy atom.